The molecule has 1 aromatic heterocycles. The fraction of sp³-hybridized carbons (Fsp3) is 0.464. The van der Waals surface area contributed by atoms with Gasteiger partial charge in [0.2, 0.25) is 0 Å². The Morgan fingerprint density at radius 2 is 1.66 bits per heavy atom. The molecule has 4 rings (SSSR count). The molecular formula is C28H36N2OS. The third kappa shape index (κ3) is 4.47. The number of pyridine rings is 1. The highest BCUT2D eigenvalue weighted by Crippen LogP contribution is 2.43. The number of aromatic nitrogens is 1. The molecule has 0 saturated carbocycles. The first-order valence-electron chi connectivity index (χ1n) is 11.9. The van der Waals surface area contributed by atoms with Gasteiger partial charge in [-0.05, 0) is 73.6 Å². The predicted molar refractivity (Wildman–Crippen MR) is 139 cm³/mol. The van der Waals surface area contributed by atoms with Gasteiger partial charge in [-0.2, -0.15) is 0 Å². The summed E-state index contributed by atoms with van der Waals surface area (Å²) in [6.45, 7) is 17.6. The van der Waals surface area contributed by atoms with Crippen LogP contribution >= 0.6 is 11.8 Å². The summed E-state index contributed by atoms with van der Waals surface area (Å²) < 4.78 is 5.93. The van der Waals surface area contributed by atoms with Crippen LogP contribution in [-0.2, 0) is 0 Å². The van der Waals surface area contributed by atoms with E-state index in [1.807, 2.05) is 11.8 Å². The number of thioether (sulfide) groups is 1. The number of hydrogen-bond acceptors (Lipinski definition) is 4. The first-order valence-corrected chi connectivity index (χ1v) is 12.8. The zero-order chi connectivity index (χ0) is 23.0. The maximum Gasteiger partial charge on any atom is 0.142 e. The van der Waals surface area contributed by atoms with Gasteiger partial charge in [0, 0.05) is 27.8 Å². The quantitative estimate of drug-likeness (QED) is 0.357. The second kappa shape index (κ2) is 9.35. The van der Waals surface area contributed by atoms with Crippen molar-refractivity contribution in [3.8, 4) is 5.75 Å². The number of anilines is 1. The molecule has 1 atom stereocenters. The first kappa shape index (κ1) is 23.0. The van der Waals surface area contributed by atoms with Crippen LogP contribution in [0.1, 0.15) is 82.2 Å². The van der Waals surface area contributed by atoms with Crippen molar-refractivity contribution in [2.45, 2.75) is 76.5 Å². The third-order valence-electron chi connectivity index (χ3n) is 6.42. The number of benzene rings is 2. The van der Waals surface area contributed by atoms with Crippen molar-refractivity contribution in [1.29, 1.82) is 0 Å². The number of ether oxygens (including phenoxy) is 1. The molecule has 4 heteroatoms. The number of nitrogens with zero attached hydrogens (tertiary/aromatic N) is 2. The van der Waals surface area contributed by atoms with Crippen LogP contribution in [0.3, 0.4) is 0 Å². The Hall–Kier alpha value is -2.20. The highest BCUT2D eigenvalue weighted by molar-refractivity contribution is 7.99. The van der Waals surface area contributed by atoms with E-state index in [0.717, 1.165) is 24.4 Å². The third-order valence-corrected chi connectivity index (χ3v) is 7.62. The van der Waals surface area contributed by atoms with Crippen LogP contribution in [0.25, 0.3) is 10.9 Å². The van der Waals surface area contributed by atoms with Crippen LogP contribution in [-0.4, -0.2) is 24.2 Å². The number of fused-ring (bicyclic) bond motifs is 2. The molecule has 0 N–H and O–H groups in total. The lowest BCUT2D eigenvalue weighted by molar-refractivity contribution is 0.302. The lowest BCUT2D eigenvalue weighted by Gasteiger charge is -2.35. The predicted octanol–water partition coefficient (Wildman–Crippen LogP) is 7.94. The summed E-state index contributed by atoms with van der Waals surface area (Å²) in [5.74, 6) is 1.95. The second-order valence-corrected chi connectivity index (χ2v) is 11.1. The lowest BCUT2D eigenvalue weighted by atomic mass is 9.95. The maximum absolute atomic E-state index is 5.93. The van der Waals surface area contributed by atoms with Crippen LogP contribution in [0.2, 0.25) is 0 Å². The molecule has 2 aromatic carbocycles. The SMILES string of the molecule is CC(C)c1ccc2ncc(SC(C)c3ccc4c(c3)N(C(C)C)CCO4)c(C(C)C)c2c1. The standard InChI is InChI=1S/C28H36N2OS/c1-17(2)21-8-10-24-23(14-21)28(18(3)4)27(16-29-24)32-20(7)22-9-11-26-25(15-22)30(19(5)6)12-13-31-26/h8-11,14-20H,12-13H2,1-7H3. The van der Waals surface area contributed by atoms with Crippen LogP contribution in [0.5, 0.6) is 5.75 Å². The average Bonchev–Trinajstić information content (AvgIpc) is 2.77. The summed E-state index contributed by atoms with van der Waals surface area (Å²) in [5.41, 5.74) is 6.43. The molecule has 170 valence electrons. The Morgan fingerprint density at radius 1 is 0.906 bits per heavy atom. The van der Waals surface area contributed by atoms with E-state index < -0.39 is 0 Å². The van der Waals surface area contributed by atoms with Crippen molar-refractivity contribution < 1.29 is 4.74 Å². The van der Waals surface area contributed by atoms with Crippen LogP contribution in [0.15, 0.2) is 47.5 Å². The molecule has 3 aromatic rings. The smallest absolute Gasteiger partial charge is 0.142 e. The van der Waals surface area contributed by atoms with Gasteiger partial charge in [-0.15, -0.1) is 11.8 Å². The molecule has 1 unspecified atom stereocenters. The molecule has 2 heterocycles. The molecule has 3 nitrogen and oxygen atoms in total. The first-order chi connectivity index (χ1) is 15.3. The van der Waals surface area contributed by atoms with Crippen molar-refractivity contribution >= 4 is 28.4 Å². The molecule has 0 fully saturated rings. The summed E-state index contributed by atoms with van der Waals surface area (Å²) >= 11 is 1.92. The monoisotopic (exact) mass is 448 g/mol. The van der Waals surface area contributed by atoms with Gasteiger partial charge in [0.15, 0.2) is 0 Å². The normalized spacial score (nSPS) is 14.9. The molecule has 32 heavy (non-hydrogen) atoms. The fourth-order valence-corrected chi connectivity index (χ4v) is 5.81. The van der Waals surface area contributed by atoms with Gasteiger partial charge in [-0.1, -0.05) is 39.8 Å². The molecule has 0 aliphatic carbocycles. The maximum atomic E-state index is 5.93. The van der Waals surface area contributed by atoms with E-state index in [9.17, 15) is 0 Å². The zero-order valence-corrected chi connectivity index (χ0v) is 21.3. The Bertz CT molecular complexity index is 1110. The van der Waals surface area contributed by atoms with Gasteiger partial charge in [0.1, 0.15) is 12.4 Å². The van der Waals surface area contributed by atoms with E-state index in [2.05, 4.69) is 96.0 Å². The molecule has 1 aliphatic heterocycles. The van der Waals surface area contributed by atoms with Crippen LogP contribution in [0, 0.1) is 0 Å². The topological polar surface area (TPSA) is 25.4 Å². The Morgan fingerprint density at radius 3 is 2.34 bits per heavy atom. The molecule has 1 aliphatic rings. The van der Waals surface area contributed by atoms with Gasteiger partial charge in [0.25, 0.3) is 0 Å². The molecule has 0 amide bonds. The van der Waals surface area contributed by atoms with E-state index >= 15 is 0 Å². The van der Waals surface area contributed by atoms with E-state index in [1.165, 1.54) is 32.7 Å². The molecule has 0 saturated heterocycles. The molecule has 0 radical (unpaired) electrons. The van der Waals surface area contributed by atoms with Crippen molar-refractivity contribution in [3.63, 3.8) is 0 Å². The average molecular weight is 449 g/mol. The summed E-state index contributed by atoms with van der Waals surface area (Å²) in [6, 6.07) is 13.9. The van der Waals surface area contributed by atoms with Crippen molar-refractivity contribution in [2.24, 2.45) is 0 Å². The molecular weight excluding hydrogens is 412 g/mol. The Balaban J connectivity index is 1.70. The summed E-state index contributed by atoms with van der Waals surface area (Å²) in [5, 5.41) is 1.62. The fourth-order valence-electron chi connectivity index (χ4n) is 4.56. The zero-order valence-electron chi connectivity index (χ0n) is 20.5. The Labute approximate surface area is 197 Å². The van der Waals surface area contributed by atoms with Gasteiger partial charge < -0.3 is 9.64 Å². The minimum atomic E-state index is 0.321. The highest BCUT2D eigenvalue weighted by atomic mass is 32.2. The minimum Gasteiger partial charge on any atom is -0.490 e. The van der Waals surface area contributed by atoms with Gasteiger partial charge in [-0.3, -0.25) is 4.98 Å². The Kier molecular flexibility index (Phi) is 6.71. The number of rotatable bonds is 6. The lowest BCUT2D eigenvalue weighted by Crippen LogP contribution is -2.37. The highest BCUT2D eigenvalue weighted by Gasteiger charge is 2.23. The molecule has 0 bridgehead atoms. The van der Waals surface area contributed by atoms with E-state index in [-0.39, 0.29) is 0 Å². The summed E-state index contributed by atoms with van der Waals surface area (Å²) in [4.78, 5) is 8.56. The minimum absolute atomic E-state index is 0.321. The van der Waals surface area contributed by atoms with Crippen molar-refractivity contribution in [1.82, 2.24) is 4.98 Å². The van der Waals surface area contributed by atoms with E-state index in [0.29, 0.717) is 23.1 Å². The van der Waals surface area contributed by atoms with Gasteiger partial charge >= 0.3 is 0 Å². The van der Waals surface area contributed by atoms with Gasteiger partial charge in [0.05, 0.1) is 17.7 Å². The van der Waals surface area contributed by atoms with Crippen molar-refractivity contribution in [3.05, 3.63) is 59.3 Å². The van der Waals surface area contributed by atoms with Crippen LogP contribution < -0.4 is 9.64 Å². The molecule has 0 spiro atoms. The summed E-state index contributed by atoms with van der Waals surface area (Å²) in [7, 11) is 0. The summed E-state index contributed by atoms with van der Waals surface area (Å²) in [6.07, 6.45) is 2.08. The largest absolute Gasteiger partial charge is 0.490 e. The van der Waals surface area contributed by atoms with Crippen molar-refractivity contribution in [2.75, 3.05) is 18.1 Å². The van der Waals surface area contributed by atoms with Gasteiger partial charge in [-0.25, -0.2) is 0 Å². The van der Waals surface area contributed by atoms with E-state index in [1.54, 1.807) is 0 Å². The number of hydrogen-bond donors (Lipinski definition) is 0. The second-order valence-electron chi connectivity index (χ2n) is 9.74. The van der Waals surface area contributed by atoms with E-state index in [4.69, 9.17) is 9.72 Å². The van der Waals surface area contributed by atoms with Crippen LogP contribution in [0.4, 0.5) is 5.69 Å².